The standard InChI is InChI=1S/C19H23N3OS/c1-4-5-12-23-16-8-6-15(7-9-16)17-13-18-19(24-14(2)3)20-10-11-22(18)21-17/h6-11,13-14H,4-5,12H2,1-3H3. The van der Waals surface area contributed by atoms with Crippen molar-refractivity contribution in [2.24, 2.45) is 0 Å². The summed E-state index contributed by atoms with van der Waals surface area (Å²) in [6.07, 6.45) is 5.92. The summed E-state index contributed by atoms with van der Waals surface area (Å²) in [7, 11) is 0. The van der Waals surface area contributed by atoms with Crippen LogP contribution in [0.3, 0.4) is 0 Å². The summed E-state index contributed by atoms with van der Waals surface area (Å²) in [4.78, 5) is 4.49. The second-order valence-electron chi connectivity index (χ2n) is 5.98. The van der Waals surface area contributed by atoms with Crippen LogP contribution in [0.5, 0.6) is 5.75 Å². The molecule has 0 aliphatic heterocycles. The highest BCUT2D eigenvalue weighted by atomic mass is 32.2. The van der Waals surface area contributed by atoms with Crippen LogP contribution in [-0.2, 0) is 0 Å². The van der Waals surface area contributed by atoms with E-state index >= 15 is 0 Å². The molecule has 3 aromatic rings. The number of benzene rings is 1. The van der Waals surface area contributed by atoms with Crippen molar-refractivity contribution in [3.8, 4) is 17.0 Å². The molecule has 24 heavy (non-hydrogen) atoms. The van der Waals surface area contributed by atoms with Gasteiger partial charge >= 0.3 is 0 Å². The molecule has 5 heteroatoms. The first-order valence-corrected chi connectivity index (χ1v) is 9.29. The first kappa shape index (κ1) is 16.8. The van der Waals surface area contributed by atoms with Crippen molar-refractivity contribution in [1.29, 1.82) is 0 Å². The molecule has 0 unspecified atom stereocenters. The fourth-order valence-electron chi connectivity index (χ4n) is 2.41. The van der Waals surface area contributed by atoms with Crippen LogP contribution in [0.2, 0.25) is 0 Å². The second-order valence-corrected chi connectivity index (χ2v) is 7.55. The molecule has 3 rings (SSSR count). The average molecular weight is 341 g/mol. The number of hydrogen-bond donors (Lipinski definition) is 0. The Balaban J connectivity index is 1.84. The largest absolute Gasteiger partial charge is 0.494 e. The fraction of sp³-hybridized carbons (Fsp3) is 0.368. The van der Waals surface area contributed by atoms with Crippen LogP contribution in [0.1, 0.15) is 33.6 Å². The average Bonchev–Trinajstić information content (AvgIpc) is 3.00. The third-order valence-corrected chi connectivity index (χ3v) is 4.63. The summed E-state index contributed by atoms with van der Waals surface area (Å²) in [5.41, 5.74) is 3.09. The summed E-state index contributed by atoms with van der Waals surface area (Å²) in [5, 5.41) is 6.19. The van der Waals surface area contributed by atoms with E-state index in [4.69, 9.17) is 4.74 Å². The first-order valence-electron chi connectivity index (χ1n) is 8.41. The number of fused-ring (bicyclic) bond motifs is 1. The van der Waals surface area contributed by atoms with Gasteiger partial charge in [0, 0.05) is 23.2 Å². The van der Waals surface area contributed by atoms with Gasteiger partial charge in [0.1, 0.15) is 10.8 Å². The summed E-state index contributed by atoms with van der Waals surface area (Å²) >= 11 is 1.76. The Kier molecular flexibility index (Phi) is 5.41. The minimum atomic E-state index is 0.488. The molecular formula is C19H23N3OS. The van der Waals surface area contributed by atoms with Gasteiger partial charge in [-0.2, -0.15) is 5.10 Å². The van der Waals surface area contributed by atoms with Crippen molar-refractivity contribution in [3.63, 3.8) is 0 Å². The SMILES string of the molecule is CCCCOc1ccc(-c2cc3c(SC(C)C)nccn3n2)cc1. The number of rotatable bonds is 7. The Morgan fingerprint density at radius 1 is 1.21 bits per heavy atom. The Morgan fingerprint density at radius 2 is 2.00 bits per heavy atom. The Labute approximate surface area is 147 Å². The first-order chi connectivity index (χ1) is 11.7. The van der Waals surface area contributed by atoms with Crippen LogP contribution in [0, 0.1) is 0 Å². The molecule has 0 N–H and O–H groups in total. The predicted molar refractivity (Wildman–Crippen MR) is 99.8 cm³/mol. The van der Waals surface area contributed by atoms with Crippen LogP contribution in [0.4, 0.5) is 0 Å². The molecule has 1 aromatic carbocycles. The van der Waals surface area contributed by atoms with Gasteiger partial charge in [-0.05, 0) is 36.8 Å². The molecule has 0 radical (unpaired) electrons. The fourth-order valence-corrected chi connectivity index (χ4v) is 3.25. The summed E-state index contributed by atoms with van der Waals surface area (Å²) < 4.78 is 7.62. The summed E-state index contributed by atoms with van der Waals surface area (Å²) in [6.45, 7) is 7.27. The number of thioether (sulfide) groups is 1. The van der Waals surface area contributed by atoms with Gasteiger partial charge in [-0.15, -0.1) is 11.8 Å². The summed E-state index contributed by atoms with van der Waals surface area (Å²) in [6, 6.07) is 10.2. The van der Waals surface area contributed by atoms with Gasteiger partial charge in [0.05, 0.1) is 17.8 Å². The van der Waals surface area contributed by atoms with Crippen LogP contribution in [-0.4, -0.2) is 26.5 Å². The van der Waals surface area contributed by atoms with Gasteiger partial charge in [0.15, 0.2) is 0 Å². The predicted octanol–water partition coefficient (Wildman–Crippen LogP) is 5.08. The van der Waals surface area contributed by atoms with Gasteiger partial charge in [0.25, 0.3) is 0 Å². The molecule has 2 aromatic heterocycles. The molecule has 0 spiro atoms. The minimum absolute atomic E-state index is 0.488. The van der Waals surface area contributed by atoms with E-state index in [1.165, 1.54) is 0 Å². The van der Waals surface area contributed by atoms with E-state index in [2.05, 4.69) is 49.1 Å². The van der Waals surface area contributed by atoms with E-state index < -0.39 is 0 Å². The van der Waals surface area contributed by atoms with E-state index in [0.29, 0.717) is 5.25 Å². The molecule has 0 bridgehead atoms. The molecule has 0 aliphatic rings. The molecule has 0 saturated carbocycles. The maximum atomic E-state index is 5.72. The lowest BCUT2D eigenvalue weighted by atomic mass is 10.1. The highest BCUT2D eigenvalue weighted by molar-refractivity contribution is 8.00. The topological polar surface area (TPSA) is 39.4 Å². The van der Waals surface area contributed by atoms with Gasteiger partial charge in [-0.1, -0.05) is 27.2 Å². The lowest BCUT2D eigenvalue weighted by Crippen LogP contribution is -1.96. The number of ether oxygens (including phenoxy) is 1. The molecule has 4 nitrogen and oxygen atoms in total. The van der Waals surface area contributed by atoms with Crippen molar-refractivity contribution in [2.45, 2.75) is 43.9 Å². The monoisotopic (exact) mass is 341 g/mol. The smallest absolute Gasteiger partial charge is 0.122 e. The van der Waals surface area contributed by atoms with Crippen molar-refractivity contribution < 1.29 is 4.74 Å². The van der Waals surface area contributed by atoms with Crippen molar-refractivity contribution in [2.75, 3.05) is 6.61 Å². The minimum Gasteiger partial charge on any atom is -0.494 e. The highest BCUT2D eigenvalue weighted by Gasteiger charge is 2.10. The van der Waals surface area contributed by atoms with Crippen molar-refractivity contribution >= 4 is 17.3 Å². The second kappa shape index (κ2) is 7.71. The highest BCUT2D eigenvalue weighted by Crippen LogP contribution is 2.28. The summed E-state index contributed by atoms with van der Waals surface area (Å²) in [5.74, 6) is 0.911. The number of nitrogens with zero attached hydrogens (tertiary/aromatic N) is 3. The van der Waals surface area contributed by atoms with Crippen LogP contribution < -0.4 is 4.74 Å². The van der Waals surface area contributed by atoms with Gasteiger partial charge < -0.3 is 4.74 Å². The lowest BCUT2D eigenvalue weighted by molar-refractivity contribution is 0.309. The van der Waals surface area contributed by atoms with E-state index in [9.17, 15) is 0 Å². The molecular weight excluding hydrogens is 318 g/mol. The molecule has 2 heterocycles. The molecule has 126 valence electrons. The molecule has 0 atom stereocenters. The zero-order valence-electron chi connectivity index (χ0n) is 14.4. The Bertz CT molecular complexity index is 796. The third kappa shape index (κ3) is 3.90. The molecule has 0 saturated heterocycles. The van der Waals surface area contributed by atoms with Gasteiger partial charge in [-0.3, -0.25) is 0 Å². The van der Waals surface area contributed by atoms with E-state index in [1.807, 2.05) is 22.8 Å². The van der Waals surface area contributed by atoms with Crippen molar-refractivity contribution in [1.82, 2.24) is 14.6 Å². The molecule has 0 aliphatic carbocycles. The van der Waals surface area contributed by atoms with Crippen LogP contribution in [0.15, 0.2) is 47.8 Å². The van der Waals surface area contributed by atoms with Crippen LogP contribution >= 0.6 is 11.8 Å². The van der Waals surface area contributed by atoms with E-state index in [1.54, 1.807) is 18.0 Å². The van der Waals surface area contributed by atoms with E-state index in [-0.39, 0.29) is 0 Å². The zero-order chi connectivity index (χ0) is 16.9. The molecule has 0 amide bonds. The number of aromatic nitrogens is 3. The van der Waals surface area contributed by atoms with Crippen LogP contribution in [0.25, 0.3) is 16.8 Å². The quantitative estimate of drug-likeness (QED) is 0.444. The normalized spacial score (nSPS) is 11.3. The van der Waals surface area contributed by atoms with Gasteiger partial charge in [0.2, 0.25) is 0 Å². The number of hydrogen-bond acceptors (Lipinski definition) is 4. The van der Waals surface area contributed by atoms with E-state index in [0.717, 1.165) is 47.0 Å². The lowest BCUT2D eigenvalue weighted by Gasteiger charge is -2.05. The Hall–Kier alpha value is -2.01. The third-order valence-electron chi connectivity index (χ3n) is 3.62. The maximum Gasteiger partial charge on any atom is 0.122 e. The number of unbranched alkanes of at least 4 members (excludes halogenated alkanes) is 1. The molecule has 0 fully saturated rings. The van der Waals surface area contributed by atoms with Crippen molar-refractivity contribution in [3.05, 3.63) is 42.7 Å². The maximum absolute atomic E-state index is 5.72. The Morgan fingerprint density at radius 3 is 2.71 bits per heavy atom. The van der Waals surface area contributed by atoms with Gasteiger partial charge in [-0.25, -0.2) is 9.50 Å². The zero-order valence-corrected chi connectivity index (χ0v) is 15.2.